The van der Waals surface area contributed by atoms with E-state index in [2.05, 4.69) is 41.5 Å². The van der Waals surface area contributed by atoms with Crippen LogP contribution in [0.4, 0.5) is 0 Å². The van der Waals surface area contributed by atoms with Crippen LogP contribution in [0.15, 0.2) is 0 Å². The number of hydrogen-bond acceptors (Lipinski definition) is 15. The lowest BCUT2D eigenvalue weighted by molar-refractivity contribution is -0.161. The number of ether oxygens (including phenoxy) is 4. The van der Waals surface area contributed by atoms with Crippen LogP contribution in [-0.4, -0.2) is 96.7 Å². The zero-order valence-electron chi connectivity index (χ0n) is 66.9. The first-order chi connectivity index (χ1) is 49.4. The van der Waals surface area contributed by atoms with E-state index < -0.39 is 97.5 Å². The van der Waals surface area contributed by atoms with E-state index in [0.29, 0.717) is 25.7 Å². The molecule has 0 aromatic rings. The Kier molecular flexibility index (Phi) is 73.1. The fraction of sp³-hybridized carbons (Fsp3) is 0.952. The summed E-state index contributed by atoms with van der Waals surface area (Å²) < 4.78 is 68.8. The first kappa shape index (κ1) is 100. The fourth-order valence-electron chi connectivity index (χ4n) is 12.9. The van der Waals surface area contributed by atoms with Crippen molar-refractivity contribution in [2.75, 3.05) is 39.6 Å². The number of hydrogen-bond donors (Lipinski definition) is 3. The summed E-state index contributed by atoms with van der Waals surface area (Å²) in [4.78, 5) is 73.1. The topological polar surface area (TPSA) is 237 Å². The Hall–Kier alpha value is -1.94. The molecule has 0 aliphatic carbocycles. The standard InChI is InChI=1S/C83H162O17P2/c1-7-10-12-14-16-18-20-21-23-31-37-43-49-55-61-67-82(87)99-78(71-93-80(85)65-59-53-47-41-33-19-17-15-13-11-8-2)73-97-101(89,90)95-69-77(84)70-96-102(91,92)98-74-79(100-83(88)68-62-56-50-44-38-32-25-22-24-28-34-39-45-51-57-63-75(4)5)72-94-81(86)66-60-54-48-42-36-30-27-26-29-35-40-46-52-58-64-76(6)9-3/h75-79,84H,7-74H2,1-6H3,(H,89,90)(H,91,92)/t76?,77-,78+,79+/m0/s1. The van der Waals surface area contributed by atoms with Gasteiger partial charge >= 0.3 is 39.5 Å². The highest BCUT2D eigenvalue weighted by atomic mass is 31.2. The van der Waals surface area contributed by atoms with E-state index in [-0.39, 0.29) is 25.7 Å². The van der Waals surface area contributed by atoms with Gasteiger partial charge in [0.05, 0.1) is 26.4 Å². The minimum Gasteiger partial charge on any atom is -0.462 e. The van der Waals surface area contributed by atoms with Crippen molar-refractivity contribution in [1.29, 1.82) is 0 Å². The van der Waals surface area contributed by atoms with Gasteiger partial charge in [0, 0.05) is 25.7 Å². The molecule has 0 heterocycles. The quantitative estimate of drug-likeness (QED) is 0.0222. The number of rotatable bonds is 82. The minimum absolute atomic E-state index is 0.108. The second-order valence-corrected chi connectivity index (χ2v) is 33.5. The van der Waals surface area contributed by atoms with Gasteiger partial charge in [-0.15, -0.1) is 0 Å². The largest absolute Gasteiger partial charge is 0.472 e. The molecule has 0 aromatic heterocycles. The Bertz CT molecular complexity index is 1960. The molecule has 0 bridgehead atoms. The van der Waals surface area contributed by atoms with Crippen molar-refractivity contribution in [3.63, 3.8) is 0 Å². The second-order valence-electron chi connectivity index (χ2n) is 30.6. The van der Waals surface area contributed by atoms with Gasteiger partial charge in [-0.05, 0) is 37.5 Å². The van der Waals surface area contributed by atoms with Crippen molar-refractivity contribution in [1.82, 2.24) is 0 Å². The van der Waals surface area contributed by atoms with E-state index in [0.717, 1.165) is 102 Å². The van der Waals surface area contributed by atoms with Gasteiger partial charge in [-0.2, -0.15) is 0 Å². The molecule has 0 saturated carbocycles. The van der Waals surface area contributed by atoms with Gasteiger partial charge in [0.25, 0.3) is 0 Å². The van der Waals surface area contributed by atoms with Crippen LogP contribution in [0.3, 0.4) is 0 Å². The van der Waals surface area contributed by atoms with Gasteiger partial charge in [-0.3, -0.25) is 37.3 Å². The molecule has 0 rings (SSSR count). The minimum atomic E-state index is -4.96. The van der Waals surface area contributed by atoms with Gasteiger partial charge in [-0.25, -0.2) is 9.13 Å². The fourth-order valence-corrected chi connectivity index (χ4v) is 14.4. The molecule has 0 radical (unpaired) electrons. The van der Waals surface area contributed by atoms with Crippen LogP contribution >= 0.6 is 15.6 Å². The third-order valence-electron chi connectivity index (χ3n) is 19.8. The van der Waals surface area contributed by atoms with E-state index in [1.807, 2.05) is 0 Å². The van der Waals surface area contributed by atoms with Crippen molar-refractivity contribution in [2.45, 2.75) is 458 Å². The average molecular weight is 1490 g/mol. The summed E-state index contributed by atoms with van der Waals surface area (Å²) >= 11 is 0. The van der Waals surface area contributed by atoms with Crippen LogP contribution in [0.2, 0.25) is 0 Å². The molecular weight excluding hydrogens is 1330 g/mol. The van der Waals surface area contributed by atoms with Gasteiger partial charge < -0.3 is 33.8 Å². The molecule has 19 heteroatoms. The number of carbonyl (C=O) groups excluding carboxylic acids is 4. The molecule has 3 N–H and O–H groups in total. The molecule has 0 spiro atoms. The molecule has 102 heavy (non-hydrogen) atoms. The first-order valence-electron chi connectivity index (χ1n) is 43.0. The van der Waals surface area contributed by atoms with Crippen LogP contribution in [0.1, 0.15) is 440 Å². The van der Waals surface area contributed by atoms with Gasteiger partial charge in [0.2, 0.25) is 0 Å². The molecule has 0 amide bonds. The summed E-state index contributed by atoms with van der Waals surface area (Å²) in [6.45, 7) is 9.74. The smallest absolute Gasteiger partial charge is 0.462 e. The van der Waals surface area contributed by atoms with E-state index in [1.165, 1.54) is 257 Å². The highest BCUT2D eigenvalue weighted by Crippen LogP contribution is 2.45. The predicted molar refractivity (Wildman–Crippen MR) is 418 cm³/mol. The average Bonchev–Trinajstić information content (AvgIpc) is 2.28. The van der Waals surface area contributed by atoms with Crippen molar-refractivity contribution in [2.24, 2.45) is 11.8 Å². The predicted octanol–water partition coefficient (Wildman–Crippen LogP) is 25.1. The molecular formula is C83H162O17P2. The maximum atomic E-state index is 13.1. The SMILES string of the molecule is CCCCCCCCCCCCCCCCCC(=O)O[C@H](COC(=O)CCCCCCCCCCCCC)COP(=O)(O)OC[C@H](O)COP(=O)(O)OC[C@@H](COC(=O)CCCCCCCCCCCCCCCCC(C)CC)OC(=O)CCCCCCCCCCCCCCCCCC(C)C. The molecule has 6 atom stereocenters. The highest BCUT2D eigenvalue weighted by molar-refractivity contribution is 7.47. The van der Waals surface area contributed by atoms with Crippen molar-refractivity contribution < 1.29 is 80.2 Å². The molecule has 0 aliphatic heterocycles. The van der Waals surface area contributed by atoms with Crippen LogP contribution in [0, 0.1) is 11.8 Å². The van der Waals surface area contributed by atoms with Crippen molar-refractivity contribution in [3.8, 4) is 0 Å². The van der Waals surface area contributed by atoms with Gasteiger partial charge in [0.1, 0.15) is 19.3 Å². The highest BCUT2D eigenvalue weighted by Gasteiger charge is 2.30. The summed E-state index contributed by atoms with van der Waals surface area (Å²) in [6, 6.07) is 0. The monoisotopic (exact) mass is 1490 g/mol. The Morgan fingerprint density at radius 3 is 0.745 bits per heavy atom. The maximum absolute atomic E-state index is 13.1. The first-order valence-corrected chi connectivity index (χ1v) is 46.0. The zero-order valence-corrected chi connectivity index (χ0v) is 68.7. The summed E-state index contributed by atoms with van der Waals surface area (Å²) in [6.07, 6.45) is 65.0. The Balaban J connectivity index is 5.25. The third kappa shape index (κ3) is 74.9. The van der Waals surface area contributed by atoms with Crippen LogP contribution < -0.4 is 0 Å². The number of esters is 4. The van der Waals surface area contributed by atoms with Crippen LogP contribution in [0.5, 0.6) is 0 Å². The summed E-state index contributed by atoms with van der Waals surface area (Å²) in [7, 11) is -9.92. The number of unbranched alkanes of at least 4 members (excludes halogenated alkanes) is 51. The summed E-state index contributed by atoms with van der Waals surface area (Å²) in [5.41, 5.74) is 0. The zero-order chi connectivity index (χ0) is 74.9. The summed E-state index contributed by atoms with van der Waals surface area (Å²) in [5.74, 6) is -0.451. The lowest BCUT2D eigenvalue weighted by Crippen LogP contribution is -2.30. The van der Waals surface area contributed by atoms with Crippen molar-refractivity contribution >= 4 is 39.5 Å². The number of carbonyl (C=O) groups is 4. The molecule has 606 valence electrons. The molecule has 0 fully saturated rings. The number of aliphatic hydroxyl groups excluding tert-OH is 1. The third-order valence-corrected chi connectivity index (χ3v) is 21.7. The summed E-state index contributed by atoms with van der Waals surface area (Å²) in [5, 5.41) is 10.7. The number of phosphoric ester groups is 2. The Labute approximate surface area is 626 Å². The van der Waals surface area contributed by atoms with E-state index in [1.54, 1.807) is 0 Å². The maximum Gasteiger partial charge on any atom is 0.472 e. The second kappa shape index (κ2) is 74.5. The van der Waals surface area contributed by atoms with Crippen molar-refractivity contribution in [3.05, 3.63) is 0 Å². The Morgan fingerprint density at radius 2 is 0.500 bits per heavy atom. The van der Waals surface area contributed by atoms with Crippen LogP contribution in [-0.2, 0) is 65.4 Å². The lowest BCUT2D eigenvalue weighted by atomic mass is 9.99. The van der Waals surface area contributed by atoms with E-state index in [9.17, 15) is 43.2 Å². The van der Waals surface area contributed by atoms with Gasteiger partial charge in [0.15, 0.2) is 12.2 Å². The number of phosphoric acid groups is 2. The normalized spacial score (nSPS) is 14.1. The molecule has 0 saturated heterocycles. The Morgan fingerprint density at radius 1 is 0.284 bits per heavy atom. The molecule has 17 nitrogen and oxygen atoms in total. The molecule has 0 aromatic carbocycles. The molecule has 0 aliphatic rings. The lowest BCUT2D eigenvalue weighted by Gasteiger charge is -2.21. The molecule has 3 unspecified atom stereocenters. The number of aliphatic hydroxyl groups is 1. The van der Waals surface area contributed by atoms with E-state index >= 15 is 0 Å². The van der Waals surface area contributed by atoms with Gasteiger partial charge in [-0.1, -0.05) is 388 Å². The van der Waals surface area contributed by atoms with E-state index in [4.69, 9.17) is 37.0 Å². The van der Waals surface area contributed by atoms with Crippen LogP contribution in [0.25, 0.3) is 0 Å².